The van der Waals surface area contributed by atoms with Crippen LogP contribution in [0.4, 0.5) is 0 Å². The van der Waals surface area contributed by atoms with Crippen molar-refractivity contribution in [2.24, 2.45) is 5.10 Å². The van der Waals surface area contributed by atoms with Gasteiger partial charge in [-0.25, -0.2) is 5.43 Å². The van der Waals surface area contributed by atoms with Gasteiger partial charge < -0.3 is 4.74 Å². The van der Waals surface area contributed by atoms with Gasteiger partial charge in [0.15, 0.2) is 0 Å². The number of aromatic nitrogens is 1. The lowest BCUT2D eigenvalue weighted by molar-refractivity contribution is 0.0955. The van der Waals surface area contributed by atoms with Crippen molar-refractivity contribution in [1.82, 2.24) is 10.4 Å². The first kappa shape index (κ1) is 17.4. The summed E-state index contributed by atoms with van der Waals surface area (Å²) in [5.74, 6) is 0.433. The number of ether oxygens (including phenoxy) is 1. The third kappa shape index (κ3) is 5.01. The second-order valence-corrected chi connectivity index (χ2v) is 5.78. The van der Waals surface area contributed by atoms with Crippen LogP contribution in [0.5, 0.6) is 5.75 Å². The molecular formula is C21H19N3O2. The van der Waals surface area contributed by atoms with Crippen molar-refractivity contribution < 1.29 is 9.53 Å². The summed E-state index contributed by atoms with van der Waals surface area (Å²) in [6, 6.07) is 18.8. The van der Waals surface area contributed by atoms with Crippen LogP contribution in [-0.2, 0) is 6.61 Å². The molecule has 3 aromatic rings. The molecule has 5 heteroatoms. The van der Waals surface area contributed by atoms with Crippen LogP contribution in [0.1, 0.15) is 27.0 Å². The summed E-state index contributed by atoms with van der Waals surface area (Å²) in [5.41, 5.74) is 6.19. The third-order valence-corrected chi connectivity index (χ3v) is 3.73. The van der Waals surface area contributed by atoms with Gasteiger partial charge in [-0.2, -0.15) is 5.10 Å². The predicted molar refractivity (Wildman–Crippen MR) is 101 cm³/mol. The molecule has 0 saturated heterocycles. The molecule has 1 aromatic heterocycles. The zero-order valence-corrected chi connectivity index (χ0v) is 14.4. The summed E-state index contributed by atoms with van der Waals surface area (Å²) < 4.78 is 5.74. The van der Waals surface area contributed by atoms with Gasteiger partial charge in [0.2, 0.25) is 0 Å². The minimum atomic E-state index is -0.277. The topological polar surface area (TPSA) is 63.6 Å². The summed E-state index contributed by atoms with van der Waals surface area (Å²) >= 11 is 0. The van der Waals surface area contributed by atoms with E-state index < -0.39 is 0 Å². The molecule has 0 aliphatic rings. The summed E-state index contributed by atoms with van der Waals surface area (Å²) in [6.07, 6.45) is 4.90. The molecule has 0 bridgehead atoms. The molecule has 0 aliphatic carbocycles. The molecule has 5 nitrogen and oxygen atoms in total. The lowest BCUT2D eigenvalue weighted by atomic mass is 10.2. The van der Waals surface area contributed by atoms with Crippen LogP contribution in [0.15, 0.2) is 78.2 Å². The van der Waals surface area contributed by atoms with Crippen LogP contribution in [-0.4, -0.2) is 17.1 Å². The first-order valence-corrected chi connectivity index (χ1v) is 8.22. The van der Waals surface area contributed by atoms with E-state index in [0.29, 0.717) is 17.9 Å². The highest BCUT2D eigenvalue weighted by Crippen LogP contribution is 2.14. The summed E-state index contributed by atoms with van der Waals surface area (Å²) in [5, 5.41) is 3.94. The molecule has 0 atom stereocenters. The Morgan fingerprint density at radius 3 is 2.42 bits per heavy atom. The molecule has 2 aromatic carbocycles. The molecule has 0 saturated carbocycles. The second-order valence-electron chi connectivity index (χ2n) is 5.78. The van der Waals surface area contributed by atoms with Gasteiger partial charge in [0.05, 0.1) is 6.21 Å². The number of pyridine rings is 1. The van der Waals surface area contributed by atoms with Crippen molar-refractivity contribution in [1.29, 1.82) is 0 Å². The molecular weight excluding hydrogens is 326 g/mol. The van der Waals surface area contributed by atoms with Gasteiger partial charge in [-0.1, -0.05) is 29.8 Å². The Morgan fingerprint density at radius 2 is 1.73 bits per heavy atom. The monoisotopic (exact) mass is 345 g/mol. The quantitative estimate of drug-likeness (QED) is 0.547. The van der Waals surface area contributed by atoms with Gasteiger partial charge in [-0.15, -0.1) is 0 Å². The predicted octanol–water partition coefficient (Wildman–Crippen LogP) is 3.73. The third-order valence-electron chi connectivity index (χ3n) is 3.73. The Labute approximate surface area is 152 Å². The second kappa shape index (κ2) is 8.58. The molecule has 0 spiro atoms. The minimum Gasteiger partial charge on any atom is -0.489 e. The molecule has 1 heterocycles. The fraction of sp³-hybridized carbons (Fsp3) is 0.0952. The van der Waals surface area contributed by atoms with E-state index in [9.17, 15) is 4.79 Å². The number of carbonyl (C=O) groups excluding carboxylic acids is 1. The Bertz CT molecular complexity index is 873. The van der Waals surface area contributed by atoms with Crippen LogP contribution in [0.2, 0.25) is 0 Å². The van der Waals surface area contributed by atoms with Gasteiger partial charge in [-0.05, 0) is 54.4 Å². The van der Waals surface area contributed by atoms with Gasteiger partial charge in [0.25, 0.3) is 5.91 Å². The molecule has 0 fully saturated rings. The highest BCUT2D eigenvalue weighted by atomic mass is 16.5. The molecule has 1 amide bonds. The number of rotatable bonds is 6. The van der Waals surface area contributed by atoms with Crippen molar-refractivity contribution in [3.63, 3.8) is 0 Å². The fourth-order valence-electron chi connectivity index (χ4n) is 2.23. The molecule has 26 heavy (non-hydrogen) atoms. The normalized spacial score (nSPS) is 10.7. The van der Waals surface area contributed by atoms with E-state index in [1.165, 1.54) is 5.56 Å². The highest BCUT2D eigenvalue weighted by molar-refractivity contribution is 5.94. The number of nitrogens with zero attached hydrogens (tertiary/aromatic N) is 2. The summed E-state index contributed by atoms with van der Waals surface area (Å²) in [7, 11) is 0. The number of nitrogens with one attached hydrogen (secondary N) is 1. The SMILES string of the molecule is Cc1ccc(COc2ccc(C(=O)N/N=C/c3ccncc3)cc2)cc1. The van der Waals surface area contributed by atoms with E-state index in [2.05, 4.69) is 34.6 Å². The van der Waals surface area contributed by atoms with Crippen LogP contribution in [0.3, 0.4) is 0 Å². The zero-order valence-electron chi connectivity index (χ0n) is 14.4. The fourth-order valence-corrected chi connectivity index (χ4v) is 2.23. The molecule has 0 unspecified atom stereocenters. The van der Waals surface area contributed by atoms with Crippen molar-refractivity contribution in [3.05, 3.63) is 95.3 Å². The van der Waals surface area contributed by atoms with E-state index in [1.54, 1.807) is 55.0 Å². The zero-order chi connectivity index (χ0) is 18.2. The highest BCUT2D eigenvalue weighted by Gasteiger charge is 2.04. The molecule has 0 aliphatic heterocycles. The van der Waals surface area contributed by atoms with E-state index in [0.717, 1.165) is 11.1 Å². The number of aryl methyl sites for hydroxylation is 1. The van der Waals surface area contributed by atoms with Gasteiger partial charge in [0.1, 0.15) is 12.4 Å². The van der Waals surface area contributed by atoms with E-state index in [-0.39, 0.29) is 5.91 Å². The first-order valence-electron chi connectivity index (χ1n) is 8.22. The Balaban J connectivity index is 1.52. The Kier molecular flexibility index (Phi) is 5.72. The van der Waals surface area contributed by atoms with E-state index in [1.807, 2.05) is 12.1 Å². The average Bonchev–Trinajstić information content (AvgIpc) is 2.69. The number of hydrazone groups is 1. The molecule has 0 radical (unpaired) electrons. The Hall–Kier alpha value is -3.47. The molecule has 1 N–H and O–H groups in total. The van der Waals surface area contributed by atoms with Crippen LogP contribution in [0.25, 0.3) is 0 Å². The Morgan fingerprint density at radius 1 is 1.04 bits per heavy atom. The number of hydrogen-bond acceptors (Lipinski definition) is 4. The van der Waals surface area contributed by atoms with Gasteiger partial charge in [0, 0.05) is 18.0 Å². The van der Waals surface area contributed by atoms with Crippen LogP contribution < -0.4 is 10.2 Å². The maximum atomic E-state index is 12.1. The molecule has 130 valence electrons. The first-order chi connectivity index (χ1) is 12.7. The number of benzene rings is 2. The smallest absolute Gasteiger partial charge is 0.271 e. The van der Waals surface area contributed by atoms with E-state index in [4.69, 9.17) is 4.74 Å². The number of amides is 1. The minimum absolute atomic E-state index is 0.277. The van der Waals surface area contributed by atoms with Crippen LogP contribution >= 0.6 is 0 Å². The van der Waals surface area contributed by atoms with Gasteiger partial charge in [-0.3, -0.25) is 9.78 Å². The maximum Gasteiger partial charge on any atom is 0.271 e. The summed E-state index contributed by atoms with van der Waals surface area (Å²) in [6.45, 7) is 2.54. The maximum absolute atomic E-state index is 12.1. The standard InChI is InChI=1S/C21H19N3O2/c1-16-2-4-18(5-3-16)15-26-20-8-6-19(7-9-20)21(25)24-23-14-17-10-12-22-13-11-17/h2-14H,15H2,1H3,(H,24,25)/b23-14+. The van der Waals surface area contributed by atoms with Crippen molar-refractivity contribution in [3.8, 4) is 5.75 Å². The van der Waals surface area contributed by atoms with Crippen molar-refractivity contribution >= 4 is 12.1 Å². The average molecular weight is 345 g/mol. The van der Waals surface area contributed by atoms with Gasteiger partial charge >= 0.3 is 0 Å². The van der Waals surface area contributed by atoms with Crippen molar-refractivity contribution in [2.45, 2.75) is 13.5 Å². The number of carbonyl (C=O) groups is 1. The number of hydrogen-bond donors (Lipinski definition) is 1. The molecule has 3 rings (SSSR count). The lowest BCUT2D eigenvalue weighted by Gasteiger charge is -2.07. The van der Waals surface area contributed by atoms with E-state index >= 15 is 0 Å². The lowest BCUT2D eigenvalue weighted by Crippen LogP contribution is -2.17. The van der Waals surface area contributed by atoms with Crippen LogP contribution in [0, 0.1) is 6.92 Å². The summed E-state index contributed by atoms with van der Waals surface area (Å²) in [4.78, 5) is 16.0. The largest absolute Gasteiger partial charge is 0.489 e. The van der Waals surface area contributed by atoms with Crippen molar-refractivity contribution in [2.75, 3.05) is 0 Å².